The summed E-state index contributed by atoms with van der Waals surface area (Å²) in [5.74, 6) is 0.0186. The maximum absolute atomic E-state index is 12.8. The van der Waals surface area contributed by atoms with Crippen LogP contribution in [-0.2, 0) is 20.9 Å². The van der Waals surface area contributed by atoms with Crippen molar-refractivity contribution in [2.45, 2.75) is 44.7 Å². The number of benzene rings is 1. The van der Waals surface area contributed by atoms with Gasteiger partial charge in [-0.25, -0.2) is 0 Å². The highest BCUT2D eigenvalue weighted by Crippen LogP contribution is 2.27. The molecule has 0 radical (unpaired) electrons. The van der Waals surface area contributed by atoms with Gasteiger partial charge in [0.15, 0.2) is 5.12 Å². The minimum absolute atomic E-state index is 0.0551. The largest absolute Gasteiger partial charge is 0.352 e. The third-order valence-corrected chi connectivity index (χ3v) is 5.85. The first-order valence-electron chi connectivity index (χ1n) is 8.89. The van der Waals surface area contributed by atoms with Gasteiger partial charge in [-0.05, 0) is 18.4 Å². The van der Waals surface area contributed by atoms with Crippen molar-refractivity contribution in [1.82, 2.24) is 10.2 Å². The SMILES string of the molecule is O=C(CN(Cc1ccccc1)C(=O)[C@@H]1CSC(=O)C1)NC1CCCC1. The molecule has 0 spiro atoms. The molecule has 2 amide bonds. The topological polar surface area (TPSA) is 66.5 Å². The van der Waals surface area contributed by atoms with Crippen LogP contribution >= 0.6 is 11.8 Å². The van der Waals surface area contributed by atoms with Gasteiger partial charge < -0.3 is 10.2 Å². The third-order valence-electron chi connectivity index (χ3n) is 4.79. The predicted molar refractivity (Wildman–Crippen MR) is 97.8 cm³/mol. The van der Waals surface area contributed by atoms with E-state index in [1.54, 1.807) is 4.90 Å². The fourth-order valence-corrected chi connectivity index (χ4v) is 4.43. The number of carbonyl (C=O) groups is 3. The quantitative estimate of drug-likeness (QED) is 0.846. The Morgan fingerprint density at radius 3 is 2.52 bits per heavy atom. The van der Waals surface area contributed by atoms with Crippen LogP contribution in [0.5, 0.6) is 0 Å². The van der Waals surface area contributed by atoms with Crippen LogP contribution < -0.4 is 5.32 Å². The van der Waals surface area contributed by atoms with Crippen LogP contribution in [0.4, 0.5) is 0 Å². The Morgan fingerprint density at radius 2 is 1.88 bits per heavy atom. The second kappa shape index (κ2) is 8.52. The van der Waals surface area contributed by atoms with Gasteiger partial charge in [-0.2, -0.15) is 0 Å². The molecule has 3 rings (SSSR count). The Hall–Kier alpha value is -1.82. The van der Waals surface area contributed by atoms with Crippen molar-refractivity contribution in [2.24, 2.45) is 5.92 Å². The molecule has 5 nitrogen and oxygen atoms in total. The molecule has 0 bridgehead atoms. The number of carbonyl (C=O) groups excluding carboxylic acids is 3. The molecule has 1 atom stereocenters. The lowest BCUT2D eigenvalue weighted by atomic mass is 10.1. The van der Waals surface area contributed by atoms with Gasteiger partial charge in [0.1, 0.15) is 0 Å². The smallest absolute Gasteiger partial charge is 0.239 e. The van der Waals surface area contributed by atoms with Gasteiger partial charge in [-0.15, -0.1) is 0 Å². The van der Waals surface area contributed by atoms with Crippen molar-refractivity contribution in [3.8, 4) is 0 Å². The highest BCUT2D eigenvalue weighted by molar-refractivity contribution is 8.14. The van der Waals surface area contributed by atoms with Crippen LogP contribution in [0.25, 0.3) is 0 Å². The maximum Gasteiger partial charge on any atom is 0.239 e. The molecule has 1 aromatic carbocycles. The van der Waals surface area contributed by atoms with E-state index in [-0.39, 0.29) is 41.9 Å². The number of hydrogen-bond acceptors (Lipinski definition) is 4. The van der Waals surface area contributed by atoms with Crippen LogP contribution in [0.2, 0.25) is 0 Å². The standard InChI is InChI=1S/C19H24N2O3S/c22-17(20-16-8-4-5-9-16)12-21(11-14-6-2-1-3-7-14)19(24)15-10-18(23)25-13-15/h1-3,6-7,15-16H,4-5,8-13H2,(H,20,22)/t15-/m0/s1. The fourth-order valence-electron chi connectivity index (χ4n) is 3.46. The van der Waals surface area contributed by atoms with Crippen LogP contribution in [0.1, 0.15) is 37.7 Å². The van der Waals surface area contributed by atoms with Crippen molar-refractivity contribution >= 4 is 28.7 Å². The van der Waals surface area contributed by atoms with E-state index < -0.39 is 0 Å². The van der Waals surface area contributed by atoms with Crippen molar-refractivity contribution in [2.75, 3.05) is 12.3 Å². The molecule has 1 saturated carbocycles. The summed E-state index contributed by atoms with van der Waals surface area (Å²) >= 11 is 1.22. The zero-order chi connectivity index (χ0) is 17.6. The molecule has 6 heteroatoms. The number of rotatable bonds is 6. The first-order valence-corrected chi connectivity index (χ1v) is 9.88. The molecular formula is C19H24N2O3S. The number of hydrogen-bond donors (Lipinski definition) is 1. The zero-order valence-corrected chi connectivity index (χ0v) is 15.1. The van der Waals surface area contributed by atoms with Gasteiger partial charge in [0.25, 0.3) is 0 Å². The first-order chi connectivity index (χ1) is 12.1. The normalized spacial score (nSPS) is 20.6. The lowest BCUT2D eigenvalue weighted by Gasteiger charge is -2.25. The third kappa shape index (κ3) is 5.08. The zero-order valence-electron chi connectivity index (χ0n) is 14.3. The summed E-state index contributed by atoms with van der Waals surface area (Å²) in [6.07, 6.45) is 4.62. The first kappa shape index (κ1) is 18.0. The van der Waals surface area contributed by atoms with Gasteiger partial charge in [0.05, 0.1) is 12.5 Å². The number of thioether (sulfide) groups is 1. The summed E-state index contributed by atoms with van der Waals surface area (Å²) < 4.78 is 0. The Labute approximate surface area is 152 Å². The van der Waals surface area contributed by atoms with E-state index in [1.165, 1.54) is 11.8 Å². The number of nitrogens with one attached hydrogen (secondary N) is 1. The van der Waals surface area contributed by atoms with Crippen LogP contribution in [0.3, 0.4) is 0 Å². The van der Waals surface area contributed by atoms with E-state index in [4.69, 9.17) is 0 Å². The molecule has 1 aromatic rings. The monoisotopic (exact) mass is 360 g/mol. The van der Waals surface area contributed by atoms with Gasteiger partial charge in [0.2, 0.25) is 11.8 Å². The average molecular weight is 360 g/mol. The molecule has 0 aromatic heterocycles. The Kier molecular flexibility index (Phi) is 6.13. The van der Waals surface area contributed by atoms with Crippen LogP contribution in [0, 0.1) is 5.92 Å². The van der Waals surface area contributed by atoms with Crippen molar-refractivity contribution in [1.29, 1.82) is 0 Å². The van der Waals surface area contributed by atoms with E-state index >= 15 is 0 Å². The molecule has 25 heavy (non-hydrogen) atoms. The second-order valence-corrected chi connectivity index (χ2v) is 7.89. The number of amides is 2. The summed E-state index contributed by atoms with van der Waals surface area (Å²) in [5.41, 5.74) is 0.987. The Morgan fingerprint density at radius 1 is 1.16 bits per heavy atom. The molecule has 1 aliphatic heterocycles. The summed E-state index contributed by atoms with van der Waals surface area (Å²) in [5, 5.41) is 3.11. The summed E-state index contributed by atoms with van der Waals surface area (Å²) in [6.45, 7) is 0.451. The number of nitrogens with zero attached hydrogens (tertiary/aromatic N) is 1. The van der Waals surface area contributed by atoms with Crippen LogP contribution in [0.15, 0.2) is 30.3 Å². The fraction of sp³-hybridized carbons (Fsp3) is 0.526. The van der Waals surface area contributed by atoms with Crippen molar-refractivity contribution in [3.05, 3.63) is 35.9 Å². The highest BCUT2D eigenvalue weighted by Gasteiger charge is 2.33. The summed E-state index contributed by atoms with van der Waals surface area (Å²) in [4.78, 5) is 38.4. The molecule has 1 heterocycles. The van der Waals surface area contributed by atoms with Crippen molar-refractivity contribution < 1.29 is 14.4 Å². The van der Waals surface area contributed by atoms with Crippen molar-refractivity contribution in [3.63, 3.8) is 0 Å². The van der Waals surface area contributed by atoms with E-state index in [0.29, 0.717) is 12.3 Å². The molecule has 1 N–H and O–H groups in total. The molecule has 0 unspecified atom stereocenters. The van der Waals surface area contributed by atoms with Gasteiger partial charge in [-0.3, -0.25) is 14.4 Å². The summed E-state index contributed by atoms with van der Waals surface area (Å²) in [7, 11) is 0. The molecule has 1 aliphatic carbocycles. The second-order valence-electron chi connectivity index (χ2n) is 6.81. The highest BCUT2D eigenvalue weighted by atomic mass is 32.2. The molecule has 1 saturated heterocycles. The molecular weight excluding hydrogens is 336 g/mol. The predicted octanol–water partition coefficient (Wildman–Crippen LogP) is 2.35. The van der Waals surface area contributed by atoms with E-state index in [1.807, 2.05) is 30.3 Å². The van der Waals surface area contributed by atoms with Gasteiger partial charge in [-0.1, -0.05) is 54.9 Å². The molecule has 2 fully saturated rings. The maximum atomic E-state index is 12.8. The minimum atomic E-state index is -0.305. The lowest BCUT2D eigenvalue weighted by Crippen LogP contribution is -2.45. The van der Waals surface area contributed by atoms with E-state index in [0.717, 1.165) is 31.2 Å². The van der Waals surface area contributed by atoms with Gasteiger partial charge in [0, 0.05) is 24.8 Å². The minimum Gasteiger partial charge on any atom is -0.352 e. The van der Waals surface area contributed by atoms with E-state index in [9.17, 15) is 14.4 Å². The Balaban J connectivity index is 1.65. The molecule has 2 aliphatic rings. The van der Waals surface area contributed by atoms with E-state index in [2.05, 4.69) is 5.32 Å². The average Bonchev–Trinajstić information content (AvgIpc) is 3.26. The lowest BCUT2D eigenvalue weighted by molar-refractivity contribution is -0.140. The van der Waals surface area contributed by atoms with Crippen LogP contribution in [-0.4, -0.2) is 40.2 Å². The Bertz CT molecular complexity index is 629. The molecule has 134 valence electrons. The van der Waals surface area contributed by atoms with Gasteiger partial charge >= 0.3 is 0 Å². The summed E-state index contributed by atoms with van der Waals surface area (Å²) in [6, 6.07) is 9.91.